The summed E-state index contributed by atoms with van der Waals surface area (Å²) in [6.07, 6.45) is 1.42. The van der Waals surface area contributed by atoms with Crippen LogP contribution in [0, 0.1) is 24.7 Å². The van der Waals surface area contributed by atoms with E-state index >= 15 is 0 Å². The minimum absolute atomic E-state index is 0.690. The molecule has 1 aliphatic carbocycles. The molecular formula is C7H13-. The maximum Gasteiger partial charge on any atom is -0.0434 e. The molecule has 7 heavy (non-hydrogen) atoms. The molecule has 1 fully saturated rings. The predicted molar refractivity (Wildman–Crippen MR) is 31.8 cm³/mol. The molecule has 0 aromatic rings. The van der Waals surface area contributed by atoms with Crippen molar-refractivity contribution in [1.82, 2.24) is 0 Å². The highest BCUT2D eigenvalue weighted by atomic mass is 14.4. The van der Waals surface area contributed by atoms with Crippen LogP contribution in [0.4, 0.5) is 0 Å². The van der Waals surface area contributed by atoms with E-state index in [1.54, 1.807) is 0 Å². The molecule has 0 heteroatoms. The number of hydrogen-bond donors (Lipinski definition) is 0. The lowest BCUT2D eigenvalue weighted by molar-refractivity contribution is 0.583. The highest BCUT2D eigenvalue weighted by Crippen LogP contribution is 2.42. The molecule has 1 rings (SSSR count). The normalized spacial score (nSPS) is 43.3. The van der Waals surface area contributed by atoms with E-state index in [2.05, 4.69) is 20.8 Å². The summed E-state index contributed by atoms with van der Waals surface area (Å²) in [5, 5.41) is 0. The fraction of sp³-hybridized carbons (Fsp3) is 0.857. The Balaban J connectivity index is 2.20. The first-order valence-corrected chi connectivity index (χ1v) is 3.05. The first kappa shape index (κ1) is 5.14. The van der Waals surface area contributed by atoms with Crippen molar-refractivity contribution in [3.63, 3.8) is 0 Å². The van der Waals surface area contributed by atoms with Crippen LogP contribution in [-0.4, -0.2) is 0 Å². The lowest BCUT2D eigenvalue weighted by atomic mass is 10.1. The van der Waals surface area contributed by atoms with Crippen LogP contribution >= 0.6 is 0 Å². The lowest BCUT2D eigenvalue weighted by Gasteiger charge is -2.06. The second kappa shape index (κ2) is 1.50. The molecule has 3 atom stereocenters. The van der Waals surface area contributed by atoms with Gasteiger partial charge in [-0.25, -0.2) is 0 Å². The monoisotopic (exact) mass is 97.1 g/mol. The number of rotatable bonds is 1. The maximum absolute atomic E-state index is 3.95. The second-order valence-corrected chi connectivity index (χ2v) is 2.85. The van der Waals surface area contributed by atoms with Crippen molar-refractivity contribution in [2.45, 2.75) is 20.3 Å². The Morgan fingerprint density at radius 3 is 2.14 bits per heavy atom. The van der Waals surface area contributed by atoms with Gasteiger partial charge in [0.25, 0.3) is 0 Å². The van der Waals surface area contributed by atoms with Gasteiger partial charge in [0.2, 0.25) is 0 Å². The molecule has 0 aromatic heterocycles. The van der Waals surface area contributed by atoms with Gasteiger partial charge in [-0.05, 0) is 12.3 Å². The molecule has 1 aliphatic rings. The van der Waals surface area contributed by atoms with E-state index in [1.807, 2.05) is 0 Å². The van der Waals surface area contributed by atoms with Crippen LogP contribution in [0.5, 0.6) is 0 Å². The maximum atomic E-state index is 3.95. The fourth-order valence-electron chi connectivity index (χ4n) is 1.14. The van der Waals surface area contributed by atoms with Crippen molar-refractivity contribution in [3.05, 3.63) is 6.92 Å². The first-order valence-electron chi connectivity index (χ1n) is 3.05. The van der Waals surface area contributed by atoms with E-state index in [1.165, 1.54) is 6.42 Å². The minimum Gasteiger partial charge on any atom is -0.340 e. The van der Waals surface area contributed by atoms with Crippen LogP contribution in [-0.2, 0) is 0 Å². The summed E-state index contributed by atoms with van der Waals surface area (Å²) in [4.78, 5) is 0. The van der Waals surface area contributed by atoms with Crippen LogP contribution in [0.3, 0.4) is 0 Å². The number of hydrogen-bond acceptors (Lipinski definition) is 0. The molecule has 0 heterocycles. The summed E-state index contributed by atoms with van der Waals surface area (Å²) in [5.41, 5.74) is 0. The second-order valence-electron chi connectivity index (χ2n) is 2.85. The van der Waals surface area contributed by atoms with E-state index in [9.17, 15) is 0 Å². The summed E-state index contributed by atoms with van der Waals surface area (Å²) < 4.78 is 0. The molecule has 42 valence electrons. The molecule has 0 N–H and O–H groups in total. The molecule has 1 saturated carbocycles. The Kier molecular flexibility index (Phi) is 1.10. The van der Waals surface area contributed by atoms with Gasteiger partial charge in [-0.3, -0.25) is 0 Å². The van der Waals surface area contributed by atoms with E-state index < -0.39 is 0 Å². The molecule has 0 nitrogen and oxygen atoms in total. The average molecular weight is 97.2 g/mol. The van der Waals surface area contributed by atoms with Crippen LogP contribution in [0.1, 0.15) is 20.3 Å². The van der Waals surface area contributed by atoms with Gasteiger partial charge in [0.15, 0.2) is 0 Å². The van der Waals surface area contributed by atoms with Crippen molar-refractivity contribution >= 4 is 0 Å². The van der Waals surface area contributed by atoms with Gasteiger partial charge in [-0.2, -0.15) is 5.92 Å². The molecule has 0 spiro atoms. The SMILES string of the molecule is [CH2-]C(C)C1CC1C. The van der Waals surface area contributed by atoms with E-state index in [-0.39, 0.29) is 0 Å². The van der Waals surface area contributed by atoms with Gasteiger partial charge >= 0.3 is 0 Å². The summed E-state index contributed by atoms with van der Waals surface area (Å²) in [6, 6.07) is 0. The van der Waals surface area contributed by atoms with Gasteiger partial charge in [0, 0.05) is 0 Å². The molecular weight excluding hydrogens is 84.1 g/mol. The first-order chi connectivity index (χ1) is 3.22. The fourth-order valence-corrected chi connectivity index (χ4v) is 1.14. The molecule has 0 aromatic carbocycles. The van der Waals surface area contributed by atoms with Gasteiger partial charge in [-0.1, -0.05) is 19.8 Å². The predicted octanol–water partition coefficient (Wildman–Crippen LogP) is 2.11. The van der Waals surface area contributed by atoms with Crippen molar-refractivity contribution in [1.29, 1.82) is 0 Å². The summed E-state index contributed by atoms with van der Waals surface area (Å²) in [7, 11) is 0. The summed E-state index contributed by atoms with van der Waals surface area (Å²) >= 11 is 0. The standard InChI is InChI=1S/C7H13/c1-5(2)7-4-6(7)3/h5-7H,1,4H2,2-3H3/q-1. The molecule has 3 unspecified atom stereocenters. The quantitative estimate of drug-likeness (QED) is 0.439. The third-order valence-electron chi connectivity index (χ3n) is 1.90. The van der Waals surface area contributed by atoms with E-state index in [0.29, 0.717) is 5.92 Å². The van der Waals surface area contributed by atoms with Crippen molar-refractivity contribution in [2.75, 3.05) is 0 Å². The zero-order valence-electron chi connectivity index (χ0n) is 5.15. The Labute approximate surface area is 45.9 Å². The third kappa shape index (κ3) is 0.960. The Bertz CT molecular complexity index is 64.4. The van der Waals surface area contributed by atoms with Crippen LogP contribution in [0.15, 0.2) is 0 Å². The zero-order valence-corrected chi connectivity index (χ0v) is 5.15. The average Bonchev–Trinajstić information content (AvgIpc) is 2.17. The highest BCUT2D eigenvalue weighted by molar-refractivity contribution is 4.86. The van der Waals surface area contributed by atoms with Gasteiger partial charge < -0.3 is 6.92 Å². The molecule has 0 aliphatic heterocycles. The topological polar surface area (TPSA) is 0 Å². The van der Waals surface area contributed by atoms with Crippen molar-refractivity contribution < 1.29 is 0 Å². The van der Waals surface area contributed by atoms with Crippen molar-refractivity contribution in [3.8, 4) is 0 Å². The van der Waals surface area contributed by atoms with Gasteiger partial charge in [-0.15, -0.1) is 0 Å². The van der Waals surface area contributed by atoms with Crippen LogP contribution in [0.25, 0.3) is 0 Å². The van der Waals surface area contributed by atoms with E-state index in [4.69, 9.17) is 0 Å². The largest absolute Gasteiger partial charge is 0.340 e. The molecule has 0 bridgehead atoms. The Hall–Kier alpha value is 0. The summed E-state index contributed by atoms with van der Waals surface area (Å²) in [6.45, 7) is 8.45. The van der Waals surface area contributed by atoms with Crippen molar-refractivity contribution in [2.24, 2.45) is 17.8 Å². The van der Waals surface area contributed by atoms with Crippen LogP contribution < -0.4 is 0 Å². The minimum atomic E-state index is 0.690. The molecule has 0 saturated heterocycles. The lowest BCUT2D eigenvalue weighted by Crippen LogP contribution is -1.89. The zero-order chi connectivity index (χ0) is 5.44. The highest BCUT2D eigenvalue weighted by Gasteiger charge is 2.31. The Morgan fingerprint density at radius 2 is 2.14 bits per heavy atom. The smallest absolute Gasteiger partial charge is 0.0434 e. The van der Waals surface area contributed by atoms with Crippen LogP contribution in [0.2, 0.25) is 0 Å². The molecule has 0 radical (unpaired) electrons. The van der Waals surface area contributed by atoms with Gasteiger partial charge in [0.1, 0.15) is 0 Å². The van der Waals surface area contributed by atoms with Gasteiger partial charge in [0.05, 0.1) is 0 Å². The summed E-state index contributed by atoms with van der Waals surface area (Å²) in [5.74, 6) is 2.63. The third-order valence-corrected chi connectivity index (χ3v) is 1.90. The molecule has 0 amide bonds. The Morgan fingerprint density at radius 1 is 1.71 bits per heavy atom. The van der Waals surface area contributed by atoms with E-state index in [0.717, 1.165) is 11.8 Å².